The fourth-order valence-electron chi connectivity index (χ4n) is 2.66. The van der Waals surface area contributed by atoms with Crippen molar-refractivity contribution in [1.29, 1.82) is 0 Å². The van der Waals surface area contributed by atoms with Crippen molar-refractivity contribution in [2.24, 2.45) is 0 Å². The van der Waals surface area contributed by atoms with Crippen LogP contribution in [-0.4, -0.2) is 55.0 Å². The molecule has 0 bridgehead atoms. The molecular weight excluding hydrogens is 342 g/mol. The Labute approximate surface area is 150 Å². The number of nitrogens with zero attached hydrogens (tertiary/aromatic N) is 2. The van der Waals surface area contributed by atoms with Gasteiger partial charge in [-0.3, -0.25) is 4.72 Å². The molecule has 0 aliphatic carbocycles. The first kappa shape index (κ1) is 19.5. The van der Waals surface area contributed by atoms with Gasteiger partial charge in [-0.05, 0) is 52.3 Å². The molecule has 1 aromatic rings. The van der Waals surface area contributed by atoms with Crippen LogP contribution in [0.25, 0.3) is 0 Å². The fraction of sp³-hybridized carbons (Fsp3) is 0.588. The Hall–Kier alpha value is -1.80. The lowest BCUT2D eigenvalue weighted by molar-refractivity contribution is 0.00863. The minimum absolute atomic E-state index is 0.223. The third-order valence-electron chi connectivity index (χ3n) is 3.82. The van der Waals surface area contributed by atoms with Gasteiger partial charge in [0.25, 0.3) is 0 Å². The third kappa shape index (κ3) is 5.34. The topological polar surface area (TPSA) is 79.0 Å². The van der Waals surface area contributed by atoms with Gasteiger partial charge in [-0.2, -0.15) is 12.7 Å². The van der Waals surface area contributed by atoms with Gasteiger partial charge in [-0.15, -0.1) is 0 Å². The predicted octanol–water partition coefficient (Wildman–Crippen LogP) is 2.59. The quantitative estimate of drug-likeness (QED) is 0.888. The highest BCUT2D eigenvalue weighted by atomic mass is 32.2. The molecule has 1 aliphatic heterocycles. The van der Waals surface area contributed by atoms with E-state index in [1.165, 1.54) is 4.31 Å². The molecule has 1 aliphatic rings. The molecule has 140 valence electrons. The van der Waals surface area contributed by atoms with Crippen LogP contribution >= 0.6 is 0 Å². The lowest BCUT2D eigenvalue weighted by Gasteiger charge is -2.39. The first-order valence-corrected chi connectivity index (χ1v) is 9.76. The molecule has 1 aromatic carbocycles. The van der Waals surface area contributed by atoms with E-state index in [-0.39, 0.29) is 19.1 Å². The SMILES string of the molecule is Cc1cccc(NS(=O)(=O)N2CCN(C(=O)OC(C)(C)C)C(C)C2)c1. The Balaban J connectivity index is 2.03. The van der Waals surface area contributed by atoms with Crippen molar-refractivity contribution < 1.29 is 17.9 Å². The number of hydrogen-bond acceptors (Lipinski definition) is 4. The molecule has 0 aromatic heterocycles. The summed E-state index contributed by atoms with van der Waals surface area (Å²) in [5, 5.41) is 0. The largest absolute Gasteiger partial charge is 0.444 e. The van der Waals surface area contributed by atoms with Gasteiger partial charge in [-0.25, -0.2) is 4.79 Å². The van der Waals surface area contributed by atoms with Crippen molar-refractivity contribution in [3.05, 3.63) is 29.8 Å². The van der Waals surface area contributed by atoms with Crippen LogP contribution in [0.4, 0.5) is 10.5 Å². The summed E-state index contributed by atoms with van der Waals surface area (Å²) in [6.45, 7) is 9.89. The van der Waals surface area contributed by atoms with Crippen molar-refractivity contribution >= 4 is 22.0 Å². The Morgan fingerprint density at radius 1 is 1.28 bits per heavy atom. The highest BCUT2D eigenvalue weighted by Crippen LogP contribution is 2.19. The zero-order valence-corrected chi connectivity index (χ0v) is 16.3. The molecule has 8 heteroatoms. The van der Waals surface area contributed by atoms with Crippen LogP contribution in [0.2, 0.25) is 0 Å². The van der Waals surface area contributed by atoms with Crippen LogP contribution in [0.1, 0.15) is 33.3 Å². The standard InChI is InChI=1S/C17H27N3O4S/c1-13-7-6-8-15(11-13)18-25(22,23)19-9-10-20(14(2)12-19)16(21)24-17(3,4)5/h6-8,11,14,18H,9-10,12H2,1-5H3. The lowest BCUT2D eigenvalue weighted by Crippen LogP contribution is -2.57. The van der Waals surface area contributed by atoms with Gasteiger partial charge in [0.15, 0.2) is 0 Å². The highest BCUT2D eigenvalue weighted by Gasteiger charge is 2.35. The van der Waals surface area contributed by atoms with E-state index in [1.54, 1.807) is 23.1 Å². The predicted molar refractivity (Wildman–Crippen MR) is 97.7 cm³/mol. The van der Waals surface area contributed by atoms with Crippen molar-refractivity contribution in [2.45, 2.75) is 46.3 Å². The van der Waals surface area contributed by atoms with Crippen molar-refractivity contribution in [3.63, 3.8) is 0 Å². The van der Waals surface area contributed by atoms with Crippen LogP contribution in [0.3, 0.4) is 0 Å². The van der Waals surface area contributed by atoms with Gasteiger partial charge < -0.3 is 9.64 Å². The lowest BCUT2D eigenvalue weighted by atomic mass is 10.2. The van der Waals surface area contributed by atoms with Gasteiger partial charge in [0.2, 0.25) is 0 Å². The second-order valence-corrected chi connectivity index (χ2v) is 9.03. The maximum Gasteiger partial charge on any atom is 0.410 e. The van der Waals surface area contributed by atoms with Crippen molar-refractivity contribution in [1.82, 2.24) is 9.21 Å². The van der Waals surface area contributed by atoms with Crippen molar-refractivity contribution in [2.75, 3.05) is 24.4 Å². The number of benzene rings is 1. The first-order valence-electron chi connectivity index (χ1n) is 8.32. The Kier molecular flexibility index (Phi) is 5.63. The number of nitrogens with one attached hydrogen (secondary N) is 1. The average molecular weight is 369 g/mol. The number of hydrogen-bond donors (Lipinski definition) is 1. The fourth-order valence-corrected chi connectivity index (χ4v) is 3.94. The number of carbonyl (C=O) groups is 1. The zero-order chi connectivity index (χ0) is 18.8. The van der Waals surface area contributed by atoms with Crippen LogP contribution in [0.5, 0.6) is 0 Å². The number of carbonyl (C=O) groups excluding carboxylic acids is 1. The Morgan fingerprint density at radius 2 is 1.96 bits per heavy atom. The average Bonchev–Trinajstić information content (AvgIpc) is 2.44. The van der Waals surface area contributed by atoms with E-state index in [0.29, 0.717) is 12.2 Å². The third-order valence-corrected chi connectivity index (χ3v) is 5.33. The van der Waals surface area contributed by atoms with Crippen LogP contribution in [0.15, 0.2) is 24.3 Å². The van der Waals surface area contributed by atoms with E-state index < -0.39 is 21.9 Å². The number of rotatable bonds is 3. The van der Waals surface area contributed by atoms with Gasteiger partial charge >= 0.3 is 16.3 Å². The van der Waals surface area contributed by atoms with E-state index >= 15 is 0 Å². The summed E-state index contributed by atoms with van der Waals surface area (Å²) < 4.78 is 34.5. The van der Waals surface area contributed by atoms with Gasteiger partial charge in [-0.1, -0.05) is 12.1 Å². The molecule has 1 unspecified atom stereocenters. The second kappa shape index (κ2) is 7.21. The summed E-state index contributed by atoms with van der Waals surface area (Å²) in [7, 11) is -3.67. The van der Waals surface area contributed by atoms with E-state index in [1.807, 2.05) is 40.7 Å². The molecule has 0 saturated carbocycles. The van der Waals surface area contributed by atoms with E-state index in [4.69, 9.17) is 4.74 Å². The molecule has 1 amide bonds. The van der Waals surface area contributed by atoms with Crippen LogP contribution < -0.4 is 4.72 Å². The van der Waals surface area contributed by atoms with E-state index in [2.05, 4.69) is 4.72 Å². The maximum atomic E-state index is 12.6. The smallest absolute Gasteiger partial charge is 0.410 e. The monoisotopic (exact) mass is 369 g/mol. The molecule has 2 rings (SSSR count). The number of piperazine rings is 1. The first-order chi connectivity index (χ1) is 11.5. The molecule has 1 saturated heterocycles. The number of anilines is 1. The molecule has 7 nitrogen and oxygen atoms in total. The molecular formula is C17H27N3O4S. The molecule has 0 spiro atoms. The van der Waals surface area contributed by atoms with Crippen LogP contribution in [0, 0.1) is 6.92 Å². The molecule has 1 atom stereocenters. The second-order valence-electron chi connectivity index (χ2n) is 7.36. The molecule has 1 heterocycles. The summed E-state index contributed by atoms with van der Waals surface area (Å²) in [5.41, 5.74) is 0.928. The van der Waals surface area contributed by atoms with Crippen LogP contribution in [-0.2, 0) is 14.9 Å². The summed E-state index contributed by atoms with van der Waals surface area (Å²) in [6.07, 6.45) is -0.413. The normalized spacial score (nSPS) is 19.6. The molecule has 1 fully saturated rings. The Morgan fingerprint density at radius 3 is 2.52 bits per heavy atom. The summed E-state index contributed by atoms with van der Waals surface area (Å²) in [4.78, 5) is 13.8. The molecule has 25 heavy (non-hydrogen) atoms. The zero-order valence-electron chi connectivity index (χ0n) is 15.4. The van der Waals surface area contributed by atoms with Gasteiger partial charge in [0.1, 0.15) is 5.60 Å². The molecule has 1 N–H and O–H groups in total. The van der Waals surface area contributed by atoms with Gasteiger partial charge in [0, 0.05) is 25.7 Å². The summed E-state index contributed by atoms with van der Waals surface area (Å²) in [6, 6.07) is 6.93. The number of amides is 1. The van der Waals surface area contributed by atoms with E-state index in [0.717, 1.165) is 5.56 Å². The number of ether oxygens (including phenoxy) is 1. The summed E-state index contributed by atoms with van der Waals surface area (Å²) >= 11 is 0. The maximum absolute atomic E-state index is 12.6. The molecule has 0 radical (unpaired) electrons. The Bertz CT molecular complexity index is 728. The highest BCUT2D eigenvalue weighted by molar-refractivity contribution is 7.90. The van der Waals surface area contributed by atoms with E-state index in [9.17, 15) is 13.2 Å². The van der Waals surface area contributed by atoms with Crippen molar-refractivity contribution in [3.8, 4) is 0 Å². The minimum atomic E-state index is -3.67. The summed E-state index contributed by atoms with van der Waals surface area (Å²) in [5.74, 6) is 0. The van der Waals surface area contributed by atoms with Gasteiger partial charge in [0.05, 0.1) is 5.69 Å². The number of aryl methyl sites for hydroxylation is 1. The minimum Gasteiger partial charge on any atom is -0.444 e.